The monoisotopic (exact) mass is 158 g/mol. The van der Waals surface area contributed by atoms with Gasteiger partial charge in [0.15, 0.2) is 0 Å². The molecule has 0 aromatic carbocycles. The third-order valence-corrected chi connectivity index (χ3v) is 1.12. The fourth-order valence-electron chi connectivity index (χ4n) is 0.449. The smallest absolute Gasteiger partial charge is 0.396 e. The molecule has 1 aromatic rings. The first-order chi connectivity index (χ1) is 4.84. The highest BCUT2D eigenvalue weighted by molar-refractivity contribution is 7.17. The van der Waals surface area contributed by atoms with Crippen LogP contribution in [0.15, 0.2) is 27.8 Å². The van der Waals surface area contributed by atoms with Crippen LogP contribution in [0, 0.1) is 0 Å². The Morgan fingerprint density at radius 2 is 2.40 bits per heavy atom. The Bertz CT molecular complexity index is 279. The van der Waals surface area contributed by atoms with Gasteiger partial charge in [-0.15, -0.1) is 0 Å². The van der Waals surface area contributed by atoms with Gasteiger partial charge in [-0.05, 0) is 0 Å². The molecule has 0 saturated carbocycles. The van der Waals surface area contributed by atoms with E-state index < -0.39 is 8.69 Å². The summed E-state index contributed by atoms with van der Waals surface area (Å²) in [5.74, 6) is -0.0563. The quantitative estimate of drug-likeness (QED) is 0.607. The maximum absolute atomic E-state index is 10.7. The van der Waals surface area contributed by atoms with Crippen molar-refractivity contribution in [3.05, 3.63) is 28.8 Å². The van der Waals surface area contributed by atoms with E-state index in [1.807, 2.05) is 0 Å². The summed E-state index contributed by atoms with van der Waals surface area (Å²) < 4.78 is 18.7. The van der Waals surface area contributed by atoms with Gasteiger partial charge in [0.2, 0.25) is 11.2 Å². The van der Waals surface area contributed by atoms with Crippen LogP contribution in [0.1, 0.15) is 0 Å². The minimum atomic E-state index is -0.560. The summed E-state index contributed by atoms with van der Waals surface area (Å²) >= 11 is 0. The van der Waals surface area contributed by atoms with Crippen LogP contribution in [0.25, 0.3) is 0 Å². The second kappa shape index (κ2) is 3.13. The second-order valence-electron chi connectivity index (χ2n) is 1.45. The minimum Gasteiger partial charge on any atom is -0.468 e. The van der Waals surface area contributed by atoms with Gasteiger partial charge >= 0.3 is 8.69 Å². The van der Waals surface area contributed by atoms with E-state index in [1.54, 1.807) is 0 Å². The van der Waals surface area contributed by atoms with Gasteiger partial charge in [-0.2, -0.15) is 0 Å². The first kappa shape index (κ1) is 6.96. The molecule has 0 saturated heterocycles. The average molecular weight is 158 g/mol. The molecular weight excluding hydrogens is 155 g/mol. The zero-order valence-corrected chi connectivity index (χ0v) is 5.71. The van der Waals surface area contributed by atoms with Gasteiger partial charge in [-0.25, -0.2) is 4.57 Å². The van der Waals surface area contributed by atoms with E-state index in [4.69, 9.17) is 0 Å². The Labute approximate surface area is 57.7 Å². The Balaban J connectivity index is 3.03. The molecule has 0 atom stereocenters. The zero-order chi connectivity index (χ0) is 7.40. The van der Waals surface area contributed by atoms with Crippen molar-refractivity contribution in [2.75, 3.05) is 0 Å². The molecular formula is C5H3O4P. The predicted octanol–water partition coefficient (Wildman–Crippen LogP) is 1.23. The lowest BCUT2D eigenvalue weighted by Crippen LogP contribution is -1.98. The largest absolute Gasteiger partial charge is 0.468 e. The Morgan fingerprint density at radius 1 is 1.60 bits per heavy atom. The lowest BCUT2D eigenvalue weighted by molar-refractivity contribution is 0.483. The summed E-state index contributed by atoms with van der Waals surface area (Å²) in [6.07, 6.45) is 2.31. The molecule has 52 valence electrons. The van der Waals surface area contributed by atoms with Gasteiger partial charge < -0.3 is 8.94 Å². The molecule has 1 heterocycles. The highest BCUT2D eigenvalue weighted by Gasteiger charge is 1.97. The van der Waals surface area contributed by atoms with Crippen molar-refractivity contribution in [3.8, 4) is 5.75 Å². The van der Waals surface area contributed by atoms with Crippen LogP contribution in [-0.2, 0) is 4.57 Å². The molecule has 10 heavy (non-hydrogen) atoms. The first-order valence-electron chi connectivity index (χ1n) is 2.41. The second-order valence-corrected chi connectivity index (χ2v) is 1.78. The number of rotatable bonds is 2. The van der Waals surface area contributed by atoms with Crippen molar-refractivity contribution in [2.45, 2.75) is 0 Å². The standard InChI is InChI=1S/C5H3O4P/c6-4-1-2-8-3-5(4)9-10-7/h1-3H. The van der Waals surface area contributed by atoms with Crippen LogP contribution >= 0.6 is 8.69 Å². The predicted molar refractivity (Wildman–Crippen MR) is 33.2 cm³/mol. The molecule has 0 aliphatic rings. The van der Waals surface area contributed by atoms with Crippen LogP contribution in [0.5, 0.6) is 5.75 Å². The van der Waals surface area contributed by atoms with E-state index in [0.717, 1.165) is 6.26 Å². The highest BCUT2D eigenvalue weighted by atomic mass is 31.1. The van der Waals surface area contributed by atoms with Gasteiger partial charge in [0, 0.05) is 6.07 Å². The molecule has 0 N–H and O–H groups in total. The van der Waals surface area contributed by atoms with Gasteiger partial charge in [0.1, 0.15) is 6.26 Å². The van der Waals surface area contributed by atoms with Crippen molar-refractivity contribution in [2.24, 2.45) is 0 Å². The SMILES string of the molecule is O=POc1coccc1=O. The molecule has 0 spiro atoms. The molecule has 0 aliphatic carbocycles. The van der Waals surface area contributed by atoms with Gasteiger partial charge in [0.05, 0.1) is 6.26 Å². The summed E-state index contributed by atoms with van der Waals surface area (Å²) in [5, 5.41) is 0. The number of hydrogen-bond donors (Lipinski definition) is 0. The van der Waals surface area contributed by atoms with Crippen molar-refractivity contribution >= 4 is 8.69 Å². The molecule has 0 unspecified atom stereocenters. The topological polar surface area (TPSA) is 56.5 Å². The van der Waals surface area contributed by atoms with Crippen molar-refractivity contribution < 1.29 is 13.5 Å². The maximum Gasteiger partial charge on any atom is 0.396 e. The van der Waals surface area contributed by atoms with E-state index in [9.17, 15) is 9.36 Å². The normalized spacial score (nSPS) is 9.60. The zero-order valence-electron chi connectivity index (χ0n) is 4.81. The first-order valence-corrected chi connectivity index (χ1v) is 3.14. The highest BCUT2D eigenvalue weighted by Crippen LogP contribution is 2.06. The Hall–Kier alpha value is -1.15. The maximum atomic E-state index is 10.7. The molecule has 0 amide bonds. The van der Waals surface area contributed by atoms with E-state index in [2.05, 4.69) is 8.94 Å². The van der Waals surface area contributed by atoms with Crippen molar-refractivity contribution in [1.82, 2.24) is 0 Å². The van der Waals surface area contributed by atoms with Gasteiger partial charge in [-0.1, -0.05) is 0 Å². The van der Waals surface area contributed by atoms with Crippen molar-refractivity contribution in [3.63, 3.8) is 0 Å². The fourth-order valence-corrected chi connectivity index (χ4v) is 0.662. The summed E-state index contributed by atoms with van der Waals surface area (Å²) in [6, 6.07) is 1.18. The average Bonchev–Trinajstić information content (AvgIpc) is 1.94. The lowest BCUT2D eigenvalue weighted by atomic mass is 10.5. The lowest BCUT2D eigenvalue weighted by Gasteiger charge is -1.89. The van der Waals surface area contributed by atoms with E-state index in [0.29, 0.717) is 0 Å². The molecule has 1 rings (SSSR count). The minimum absolute atomic E-state index is 0.0563. The third kappa shape index (κ3) is 1.42. The molecule has 1 aromatic heterocycles. The van der Waals surface area contributed by atoms with E-state index >= 15 is 0 Å². The van der Waals surface area contributed by atoms with Gasteiger partial charge in [-0.3, -0.25) is 4.79 Å². The summed E-state index contributed by atoms with van der Waals surface area (Å²) in [5.41, 5.74) is -0.352. The summed E-state index contributed by atoms with van der Waals surface area (Å²) in [4.78, 5) is 10.7. The molecule has 4 nitrogen and oxygen atoms in total. The third-order valence-electron chi connectivity index (χ3n) is 0.852. The van der Waals surface area contributed by atoms with Crippen LogP contribution in [-0.4, -0.2) is 0 Å². The van der Waals surface area contributed by atoms with Crippen LogP contribution < -0.4 is 9.95 Å². The van der Waals surface area contributed by atoms with E-state index in [-0.39, 0.29) is 11.2 Å². The molecule has 0 aliphatic heterocycles. The molecule has 0 radical (unpaired) electrons. The molecule has 5 heteroatoms. The summed E-state index contributed by atoms with van der Waals surface area (Å²) in [7, 11) is -0.560. The summed E-state index contributed by atoms with van der Waals surface area (Å²) in [6.45, 7) is 0. The Kier molecular flexibility index (Phi) is 2.18. The molecule has 0 fully saturated rings. The van der Waals surface area contributed by atoms with Gasteiger partial charge in [0.25, 0.3) is 0 Å². The van der Waals surface area contributed by atoms with Crippen molar-refractivity contribution in [1.29, 1.82) is 0 Å². The Morgan fingerprint density at radius 3 is 3.00 bits per heavy atom. The van der Waals surface area contributed by atoms with E-state index in [1.165, 1.54) is 12.3 Å². The fraction of sp³-hybridized carbons (Fsp3) is 0. The van der Waals surface area contributed by atoms with Crippen LogP contribution in [0.4, 0.5) is 0 Å². The molecule has 0 bridgehead atoms. The van der Waals surface area contributed by atoms with Crippen LogP contribution in [0.2, 0.25) is 0 Å². The van der Waals surface area contributed by atoms with Crippen LogP contribution in [0.3, 0.4) is 0 Å². The number of hydrogen-bond acceptors (Lipinski definition) is 4.